The molecule has 0 bridgehead atoms. The van der Waals surface area contributed by atoms with Crippen LogP contribution >= 0.6 is 0 Å². The summed E-state index contributed by atoms with van der Waals surface area (Å²) in [5.74, 6) is 0.591. The first kappa shape index (κ1) is 20.0. The van der Waals surface area contributed by atoms with Gasteiger partial charge in [-0.2, -0.15) is 0 Å². The number of aromatic nitrogens is 1. The van der Waals surface area contributed by atoms with Crippen LogP contribution in [-0.4, -0.2) is 13.1 Å². The number of rotatable bonds is 4. The summed E-state index contributed by atoms with van der Waals surface area (Å²) in [5.41, 5.74) is 5.28. The summed E-state index contributed by atoms with van der Waals surface area (Å²) in [6.07, 6.45) is 2.96. The van der Waals surface area contributed by atoms with E-state index in [9.17, 15) is 0 Å². The Bertz CT molecular complexity index is 1420. The molecule has 0 unspecified atom stereocenters. The van der Waals surface area contributed by atoms with Crippen LogP contribution in [-0.2, 0) is 6.42 Å². The predicted molar refractivity (Wildman–Crippen MR) is 136 cm³/mol. The molecule has 0 N–H and O–H groups in total. The number of hydrogen-bond acceptors (Lipinski definition) is 2. The van der Waals surface area contributed by atoms with E-state index < -0.39 is 8.07 Å². The molecular formula is C28H29NOSi. The predicted octanol–water partition coefficient (Wildman–Crippen LogP) is 7.54. The zero-order chi connectivity index (χ0) is 21.8. The van der Waals surface area contributed by atoms with Crippen LogP contribution < -0.4 is 5.19 Å². The second-order valence-electron chi connectivity index (χ2n) is 10.1. The Morgan fingerprint density at radius 3 is 2.45 bits per heavy atom. The molecule has 5 rings (SSSR count). The monoisotopic (exact) mass is 423 g/mol. The van der Waals surface area contributed by atoms with E-state index in [0.29, 0.717) is 5.92 Å². The molecule has 0 aliphatic heterocycles. The van der Waals surface area contributed by atoms with Crippen LogP contribution in [0.3, 0.4) is 0 Å². The third kappa shape index (κ3) is 3.57. The summed E-state index contributed by atoms with van der Waals surface area (Å²) in [5, 5.41) is 6.31. The summed E-state index contributed by atoms with van der Waals surface area (Å²) in [6, 6.07) is 22.0. The van der Waals surface area contributed by atoms with E-state index in [2.05, 4.69) is 94.2 Å². The van der Waals surface area contributed by atoms with Gasteiger partial charge < -0.3 is 4.42 Å². The van der Waals surface area contributed by atoms with Crippen molar-refractivity contribution in [2.45, 2.75) is 39.9 Å². The molecule has 0 aliphatic carbocycles. The first-order valence-electron chi connectivity index (χ1n) is 11.1. The molecule has 3 aromatic carbocycles. The molecule has 0 aliphatic rings. The lowest BCUT2D eigenvalue weighted by molar-refractivity contribution is 0.650. The van der Waals surface area contributed by atoms with E-state index >= 15 is 0 Å². The van der Waals surface area contributed by atoms with Gasteiger partial charge in [0.05, 0.1) is 8.07 Å². The van der Waals surface area contributed by atoms with Gasteiger partial charge in [-0.25, -0.2) is 0 Å². The quantitative estimate of drug-likeness (QED) is 0.279. The smallest absolute Gasteiger partial charge is 0.161 e. The lowest BCUT2D eigenvalue weighted by Crippen LogP contribution is -2.37. The Kier molecular flexibility index (Phi) is 4.74. The first-order chi connectivity index (χ1) is 14.8. The van der Waals surface area contributed by atoms with Crippen molar-refractivity contribution in [1.82, 2.24) is 4.98 Å². The van der Waals surface area contributed by atoms with Crippen LogP contribution in [0.2, 0.25) is 19.6 Å². The highest BCUT2D eigenvalue weighted by atomic mass is 28.3. The average Bonchev–Trinajstić information content (AvgIpc) is 3.10. The normalized spacial score (nSPS) is 12.5. The molecule has 0 fully saturated rings. The summed E-state index contributed by atoms with van der Waals surface area (Å²) in [4.78, 5) is 4.79. The maximum absolute atomic E-state index is 6.47. The number of hydrogen-bond donors (Lipinski definition) is 0. The first-order valence-corrected chi connectivity index (χ1v) is 14.6. The van der Waals surface area contributed by atoms with Crippen LogP contribution in [0.1, 0.15) is 19.4 Å². The van der Waals surface area contributed by atoms with Crippen molar-refractivity contribution in [2.75, 3.05) is 0 Å². The van der Waals surface area contributed by atoms with Crippen molar-refractivity contribution in [3.63, 3.8) is 0 Å². The lowest BCUT2D eigenvalue weighted by atomic mass is 9.93. The fourth-order valence-electron chi connectivity index (χ4n) is 4.51. The van der Waals surface area contributed by atoms with Crippen LogP contribution in [0.4, 0.5) is 0 Å². The fourth-order valence-corrected chi connectivity index (χ4v) is 5.66. The highest BCUT2D eigenvalue weighted by Crippen LogP contribution is 2.36. The molecule has 0 saturated heterocycles. The van der Waals surface area contributed by atoms with Crippen molar-refractivity contribution in [3.05, 3.63) is 72.4 Å². The van der Waals surface area contributed by atoms with E-state index in [-0.39, 0.29) is 0 Å². The van der Waals surface area contributed by atoms with Crippen molar-refractivity contribution in [1.29, 1.82) is 0 Å². The lowest BCUT2D eigenvalue weighted by Gasteiger charge is -2.15. The number of fused-ring (bicyclic) bond motifs is 4. The molecule has 0 spiro atoms. The Labute approximate surface area is 184 Å². The van der Waals surface area contributed by atoms with Crippen LogP contribution in [0.15, 0.2) is 71.3 Å². The summed E-state index contributed by atoms with van der Waals surface area (Å²) < 4.78 is 6.47. The van der Waals surface area contributed by atoms with Crippen molar-refractivity contribution < 1.29 is 4.42 Å². The van der Waals surface area contributed by atoms with Crippen molar-refractivity contribution in [2.24, 2.45) is 5.92 Å². The van der Waals surface area contributed by atoms with Gasteiger partial charge in [-0.05, 0) is 52.9 Å². The number of nitrogens with zero attached hydrogens (tertiary/aromatic N) is 1. The summed E-state index contributed by atoms with van der Waals surface area (Å²) in [7, 11) is -1.41. The standard InChI is InChI=1S/C28H29NOSi/c1-18(2)14-20-16-21(15-19-8-6-7-9-23(19)20)27-28-25(12-13-29-27)24-11-10-22(31(3,4)5)17-26(24)30-28/h6-13,15-18H,14H2,1-5H3. The number of benzene rings is 3. The molecule has 2 aromatic heterocycles. The molecule has 2 nitrogen and oxygen atoms in total. The van der Waals surface area contributed by atoms with E-state index in [1.54, 1.807) is 0 Å². The second kappa shape index (κ2) is 7.35. The van der Waals surface area contributed by atoms with Crippen molar-refractivity contribution in [3.8, 4) is 11.3 Å². The Hall–Kier alpha value is -2.91. The average molecular weight is 424 g/mol. The van der Waals surface area contributed by atoms with E-state index in [1.807, 2.05) is 6.20 Å². The minimum atomic E-state index is -1.41. The Balaban J connectivity index is 1.76. The molecule has 156 valence electrons. The zero-order valence-corrected chi connectivity index (χ0v) is 20.0. The third-order valence-electron chi connectivity index (χ3n) is 6.10. The van der Waals surface area contributed by atoms with Gasteiger partial charge in [-0.1, -0.05) is 75.1 Å². The molecular weight excluding hydrogens is 394 g/mol. The number of furan rings is 1. The molecule has 3 heteroatoms. The maximum atomic E-state index is 6.47. The SMILES string of the molecule is CC(C)Cc1cc(-c2nccc3c2oc2cc([Si](C)(C)C)ccc23)cc2ccccc12. The molecule has 0 amide bonds. The summed E-state index contributed by atoms with van der Waals surface area (Å²) in [6.45, 7) is 11.7. The van der Waals surface area contributed by atoms with Gasteiger partial charge in [0.25, 0.3) is 0 Å². The summed E-state index contributed by atoms with van der Waals surface area (Å²) >= 11 is 0. The van der Waals surface area contributed by atoms with Gasteiger partial charge >= 0.3 is 0 Å². The molecule has 0 radical (unpaired) electrons. The van der Waals surface area contributed by atoms with Crippen LogP contribution in [0, 0.1) is 5.92 Å². The third-order valence-corrected chi connectivity index (χ3v) is 8.15. The van der Waals surface area contributed by atoms with Crippen LogP contribution in [0.25, 0.3) is 44.0 Å². The van der Waals surface area contributed by atoms with E-state index in [0.717, 1.165) is 34.2 Å². The Morgan fingerprint density at radius 1 is 0.871 bits per heavy atom. The van der Waals surface area contributed by atoms with Gasteiger partial charge in [0, 0.05) is 22.5 Å². The van der Waals surface area contributed by atoms with Gasteiger partial charge in [0.2, 0.25) is 0 Å². The largest absolute Gasteiger partial charge is 0.454 e. The Morgan fingerprint density at radius 2 is 1.68 bits per heavy atom. The topological polar surface area (TPSA) is 26.0 Å². The molecule has 0 saturated carbocycles. The fraction of sp³-hybridized carbons (Fsp3) is 0.250. The maximum Gasteiger partial charge on any atom is 0.161 e. The molecule has 0 atom stereocenters. The molecule has 31 heavy (non-hydrogen) atoms. The van der Waals surface area contributed by atoms with Crippen molar-refractivity contribution >= 4 is 46.0 Å². The van der Waals surface area contributed by atoms with Gasteiger partial charge in [-0.3, -0.25) is 4.98 Å². The van der Waals surface area contributed by atoms with E-state index in [4.69, 9.17) is 9.40 Å². The van der Waals surface area contributed by atoms with Gasteiger partial charge in [0.15, 0.2) is 5.58 Å². The second-order valence-corrected chi connectivity index (χ2v) is 15.1. The van der Waals surface area contributed by atoms with E-state index in [1.165, 1.54) is 26.9 Å². The van der Waals surface area contributed by atoms with Gasteiger partial charge in [-0.15, -0.1) is 0 Å². The highest BCUT2D eigenvalue weighted by molar-refractivity contribution is 6.88. The van der Waals surface area contributed by atoms with Crippen LogP contribution in [0.5, 0.6) is 0 Å². The molecule has 5 aromatic rings. The zero-order valence-electron chi connectivity index (χ0n) is 19.0. The molecule has 2 heterocycles. The minimum Gasteiger partial charge on any atom is -0.454 e. The van der Waals surface area contributed by atoms with Gasteiger partial charge in [0.1, 0.15) is 11.3 Å². The minimum absolute atomic E-state index is 0.591. The highest BCUT2D eigenvalue weighted by Gasteiger charge is 2.20. The number of pyridine rings is 1.